The maximum atomic E-state index is 14.2. The minimum Gasteiger partial charge on any atom is -0.491 e. The third-order valence-corrected chi connectivity index (χ3v) is 11.5. The molecule has 4 amide bonds. The number of benzene rings is 1. The molecular formula is C30H25BrCl3F3N4O6. The number of likely N-dealkylation sites (tertiary alicyclic amines) is 1. The Kier molecular flexibility index (Phi) is 8.60. The van der Waals surface area contributed by atoms with Gasteiger partial charge in [0.25, 0.3) is 23.6 Å². The lowest BCUT2D eigenvalue weighted by Gasteiger charge is -2.50. The van der Waals surface area contributed by atoms with Crippen LogP contribution < -0.4 is 9.75 Å². The summed E-state index contributed by atoms with van der Waals surface area (Å²) < 4.78 is 45.9. The number of anilines is 1. The van der Waals surface area contributed by atoms with Crippen LogP contribution in [-0.2, 0) is 25.4 Å². The number of hydrogen-bond donors (Lipinski definition) is 1. The van der Waals surface area contributed by atoms with Crippen LogP contribution in [0.2, 0.25) is 5.02 Å². The van der Waals surface area contributed by atoms with Gasteiger partial charge >= 0.3 is 6.18 Å². The summed E-state index contributed by atoms with van der Waals surface area (Å²) in [4.78, 5) is 56.1. The summed E-state index contributed by atoms with van der Waals surface area (Å²) in [5, 5.41) is 10.5. The fourth-order valence-corrected chi connectivity index (χ4v) is 8.89. The van der Waals surface area contributed by atoms with Gasteiger partial charge in [0.2, 0.25) is 0 Å². The highest BCUT2D eigenvalue weighted by molar-refractivity contribution is 9.09. The zero-order valence-electron chi connectivity index (χ0n) is 24.3. The van der Waals surface area contributed by atoms with Gasteiger partial charge in [0, 0.05) is 13.0 Å². The van der Waals surface area contributed by atoms with Gasteiger partial charge in [-0.2, -0.15) is 18.2 Å². The molecule has 0 radical (unpaired) electrons. The zero-order chi connectivity index (χ0) is 34.2. The van der Waals surface area contributed by atoms with Gasteiger partial charge in [0.05, 0.1) is 28.9 Å². The van der Waals surface area contributed by atoms with Crippen LogP contribution in [0.5, 0.6) is 5.75 Å². The highest BCUT2D eigenvalue weighted by Gasteiger charge is 2.76. The lowest BCUT2D eigenvalue weighted by atomic mass is 9.56. The van der Waals surface area contributed by atoms with Crippen molar-refractivity contribution >= 4 is 80.2 Å². The number of carbonyl (C=O) groups is 4. The smallest absolute Gasteiger partial charge is 0.433 e. The van der Waals surface area contributed by atoms with E-state index in [0.29, 0.717) is 23.0 Å². The molecule has 6 unspecified atom stereocenters. The molecule has 0 spiro atoms. The monoisotopic (exact) mass is 778 g/mol. The van der Waals surface area contributed by atoms with Gasteiger partial charge in [0.1, 0.15) is 18.1 Å². The van der Waals surface area contributed by atoms with Gasteiger partial charge in [-0.1, -0.05) is 51.3 Å². The molecule has 2 aliphatic carbocycles. The predicted octanol–water partition coefficient (Wildman–Crippen LogP) is 4.89. The number of nitrogens with zero attached hydrogens (tertiary/aromatic N) is 4. The van der Waals surface area contributed by atoms with E-state index in [4.69, 9.17) is 44.6 Å². The van der Waals surface area contributed by atoms with E-state index < -0.39 is 74.7 Å². The third-order valence-electron chi connectivity index (χ3n) is 9.29. The first-order valence-electron chi connectivity index (χ1n) is 14.3. The van der Waals surface area contributed by atoms with Crippen LogP contribution in [-0.4, -0.2) is 79.1 Å². The van der Waals surface area contributed by atoms with E-state index in [-0.39, 0.29) is 36.5 Å². The lowest BCUT2D eigenvalue weighted by Crippen LogP contribution is -2.60. The predicted molar refractivity (Wildman–Crippen MR) is 167 cm³/mol. The Morgan fingerprint density at radius 2 is 1.74 bits per heavy atom. The molecule has 2 saturated heterocycles. The van der Waals surface area contributed by atoms with Crippen molar-refractivity contribution in [3.8, 4) is 5.75 Å². The molecule has 2 aliphatic heterocycles. The quantitative estimate of drug-likeness (QED) is 0.183. The second-order valence-corrected chi connectivity index (χ2v) is 13.8. The number of amides is 4. The molecule has 2 aromatic rings. The largest absolute Gasteiger partial charge is 0.491 e. The fraction of sp³-hybridized carbons (Fsp3) is 0.433. The molecule has 47 heavy (non-hydrogen) atoms. The average Bonchev–Trinajstić information content (AvgIpc) is 3.37. The molecule has 4 aliphatic rings. The number of allylic oxidation sites excluding steroid dienone is 2. The van der Waals surface area contributed by atoms with Crippen LogP contribution in [0.3, 0.4) is 0 Å². The summed E-state index contributed by atoms with van der Waals surface area (Å²) in [6.45, 7) is -0.173. The number of hydrazine groups is 1. The molecule has 6 rings (SSSR count). The number of aliphatic hydroxyl groups excluding tert-OH is 1. The van der Waals surface area contributed by atoms with Crippen LogP contribution in [0, 0.1) is 17.8 Å². The molecule has 0 bridgehead atoms. The van der Waals surface area contributed by atoms with Crippen LogP contribution in [0.4, 0.5) is 19.0 Å². The fourth-order valence-electron chi connectivity index (χ4n) is 7.24. The summed E-state index contributed by atoms with van der Waals surface area (Å²) in [5.74, 6) is -6.93. The van der Waals surface area contributed by atoms with Gasteiger partial charge in [-0.25, -0.2) is 4.98 Å². The number of fused-ring (bicyclic) bond motifs is 4. The number of alkyl halides is 6. The van der Waals surface area contributed by atoms with Gasteiger partial charge in [-0.15, -0.1) is 23.2 Å². The van der Waals surface area contributed by atoms with Crippen molar-refractivity contribution in [3.05, 3.63) is 64.3 Å². The maximum absolute atomic E-state index is 14.2. The summed E-state index contributed by atoms with van der Waals surface area (Å²) in [6.07, 6.45) is -3.32. The molecule has 1 N–H and O–H groups in total. The van der Waals surface area contributed by atoms with Gasteiger partial charge < -0.3 is 9.84 Å². The molecule has 1 aromatic carbocycles. The molecule has 6 atom stereocenters. The molecule has 3 heterocycles. The Morgan fingerprint density at radius 3 is 2.36 bits per heavy atom. The number of halogens is 7. The Morgan fingerprint density at radius 1 is 1.06 bits per heavy atom. The van der Waals surface area contributed by atoms with Gasteiger partial charge in [-0.3, -0.25) is 29.1 Å². The first-order chi connectivity index (χ1) is 22.1. The van der Waals surface area contributed by atoms with E-state index in [0.717, 1.165) is 21.0 Å². The van der Waals surface area contributed by atoms with Crippen molar-refractivity contribution < 1.29 is 42.2 Å². The van der Waals surface area contributed by atoms with Crippen molar-refractivity contribution in [2.45, 2.75) is 34.7 Å². The SMILES string of the molecule is CN(c1nc(C(F)(F)F)ccc1Cl)N1C(=O)C2CC=C3C(CC4(Cl)C(=O)N(CBr)C(=O)C4(Cl)C3c3ccc(OCCO)cc3)C2C1=O. The van der Waals surface area contributed by atoms with E-state index in [9.17, 15) is 32.3 Å². The number of aromatic nitrogens is 1. The van der Waals surface area contributed by atoms with Crippen LogP contribution in [0.15, 0.2) is 48.0 Å². The van der Waals surface area contributed by atoms with E-state index in [1.54, 1.807) is 30.3 Å². The van der Waals surface area contributed by atoms with Crippen LogP contribution in [0.25, 0.3) is 0 Å². The Hall–Kier alpha value is -2.91. The second-order valence-electron chi connectivity index (χ2n) is 11.6. The summed E-state index contributed by atoms with van der Waals surface area (Å²) in [5.41, 5.74) is -0.445. The first kappa shape index (κ1) is 34.0. The molecule has 1 saturated carbocycles. The Bertz CT molecular complexity index is 1710. The number of ether oxygens (including phenoxy) is 1. The van der Waals surface area contributed by atoms with Crippen molar-refractivity contribution in [1.82, 2.24) is 14.9 Å². The number of rotatable bonds is 7. The summed E-state index contributed by atoms with van der Waals surface area (Å²) in [6, 6.07) is 8.16. The van der Waals surface area contributed by atoms with Crippen LogP contribution >= 0.6 is 50.7 Å². The molecule has 10 nitrogen and oxygen atoms in total. The zero-order valence-corrected chi connectivity index (χ0v) is 28.2. The third kappa shape index (κ3) is 4.96. The standard InChI is InChI=1S/C30H25BrCl3F3N4O6/c1-39(23-19(32)8-9-20(38-23)30(35,36)37)41-24(43)17-7-6-16-18(21(17)25(41)44)12-28(33)26(45)40(13-31)27(46)29(28,34)22(16)14-2-4-15(5-3-14)47-11-10-42/h2-6,8-9,17-18,21-22,42H,7,10-13H2,1H3. The molecular weight excluding hydrogens is 756 g/mol. The minimum absolute atomic E-state index is 0.0376. The van der Waals surface area contributed by atoms with Crippen LogP contribution in [0.1, 0.15) is 30.0 Å². The summed E-state index contributed by atoms with van der Waals surface area (Å²) in [7, 11) is 1.21. The van der Waals surface area contributed by atoms with Crippen molar-refractivity contribution in [2.75, 3.05) is 30.7 Å². The number of imide groups is 2. The van der Waals surface area contributed by atoms with Crippen molar-refractivity contribution in [3.63, 3.8) is 0 Å². The Balaban J connectivity index is 1.43. The number of carbonyl (C=O) groups excluding carboxylic acids is 4. The van der Waals surface area contributed by atoms with E-state index in [1.165, 1.54) is 7.05 Å². The highest BCUT2D eigenvalue weighted by atomic mass is 79.9. The van der Waals surface area contributed by atoms with Gasteiger partial charge in [-0.05, 0) is 48.6 Å². The molecule has 1 aromatic heterocycles. The number of pyridine rings is 1. The number of hydrogen-bond acceptors (Lipinski definition) is 8. The van der Waals surface area contributed by atoms with Crippen molar-refractivity contribution in [2.24, 2.45) is 17.8 Å². The van der Waals surface area contributed by atoms with Gasteiger partial charge in [0.15, 0.2) is 15.6 Å². The van der Waals surface area contributed by atoms with Crippen molar-refractivity contribution in [1.29, 1.82) is 0 Å². The molecule has 3 fully saturated rings. The highest BCUT2D eigenvalue weighted by Crippen LogP contribution is 2.65. The molecule has 17 heteroatoms. The number of aliphatic hydroxyl groups is 1. The van der Waals surface area contributed by atoms with E-state index in [2.05, 4.69) is 20.9 Å². The maximum Gasteiger partial charge on any atom is 0.433 e. The average molecular weight is 781 g/mol. The summed E-state index contributed by atoms with van der Waals surface area (Å²) >= 11 is 23.8. The molecule has 250 valence electrons. The normalized spacial score (nSPS) is 30.3. The second kappa shape index (κ2) is 11.9. The topological polar surface area (TPSA) is 120 Å². The lowest BCUT2D eigenvalue weighted by molar-refractivity contribution is -0.142. The minimum atomic E-state index is -4.82. The van der Waals surface area contributed by atoms with E-state index in [1.807, 2.05) is 0 Å². The Labute approximate surface area is 289 Å². The first-order valence-corrected chi connectivity index (χ1v) is 16.6. The van der Waals surface area contributed by atoms with E-state index >= 15 is 0 Å².